The van der Waals surface area contributed by atoms with Crippen LogP contribution in [0.5, 0.6) is 0 Å². The molecule has 1 rings (SSSR count). The van der Waals surface area contributed by atoms with Gasteiger partial charge in [0, 0.05) is 12.0 Å². The summed E-state index contributed by atoms with van der Waals surface area (Å²) in [4.78, 5) is 21.3. The van der Waals surface area contributed by atoms with Gasteiger partial charge in [-0.05, 0) is 11.6 Å². The van der Waals surface area contributed by atoms with Crippen molar-refractivity contribution in [3.05, 3.63) is 35.4 Å². The van der Waals surface area contributed by atoms with Gasteiger partial charge < -0.3 is 4.74 Å². The second-order valence-electron chi connectivity index (χ2n) is 2.88. The van der Waals surface area contributed by atoms with Gasteiger partial charge in [-0.3, -0.25) is 9.59 Å². The number of ether oxygens (including phenoxy) is 1. The molecule has 0 atom stereocenters. The quantitative estimate of drug-likeness (QED) is 0.541. The number of hydrogen-bond acceptors (Lipinski definition) is 3. The van der Waals surface area contributed by atoms with Crippen LogP contribution in [0.4, 0.5) is 0 Å². The van der Waals surface area contributed by atoms with E-state index in [2.05, 4.69) is 0 Å². The lowest BCUT2D eigenvalue weighted by molar-refractivity contribution is -0.144. The van der Waals surface area contributed by atoms with E-state index in [9.17, 15) is 9.59 Å². The summed E-state index contributed by atoms with van der Waals surface area (Å²) >= 11 is 0. The first-order valence-electron chi connectivity index (χ1n) is 4.46. The van der Waals surface area contributed by atoms with Crippen LogP contribution in [0.15, 0.2) is 24.3 Å². The molecule has 0 bridgehead atoms. The Morgan fingerprint density at radius 2 is 2.29 bits per heavy atom. The first-order chi connectivity index (χ1) is 6.76. The Morgan fingerprint density at radius 3 is 2.93 bits per heavy atom. The Bertz CT molecular complexity index is 331. The second-order valence-corrected chi connectivity index (χ2v) is 2.88. The fourth-order valence-electron chi connectivity index (χ4n) is 1.02. The molecule has 74 valence electrons. The SMILES string of the molecule is CCC(=O)OCc1cccc(C=O)c1. The number of benzene rings is 1. The molecule has 0 aliphatic rings. The fourth-order valence-corrected chi connectivity index (χ4v) is 1.02. The highest BCUT2D eigenvalue weighted by atomic mass is 16.5. The molecule has 1 aromatic carbocycles. The highest BCUT2D eigenvalue weighted by Crippen LogP contribution is 2.05. The molecule has 0 fully saturated rings. The molecule has 1 aromatic rings. The van der Waals surface area contributed by atoms with Crippen molar-refractivity contribution in [2.45, 2.75) is 20.0 Å². The summed E-state index contributed by atoms with van der Waals surface area (Å²) in [5.74, 6) is -0.235. The summed E-state index contributed by atoms with van der Waals surface area (Å²) in [6.45, 7) is 1.97. The molecular formula is C11H12O3. The average molecular weight is 192 g/mol. The minimum atomic E-state index is -0.235. The third-order valence-corrected chi connectivity index (χ3v) is 1.78. The van der Waals surface area contributed by atoms with Crippen molar-refractivity contribution in [2.24, 2.45) is 0 Å². The molecule has 0 aliphatic heterocycles. The van der Waals surface area contributed by atoms with Crippen LogP contribution in [0.25, 0.3) is 0 Å². The second kappa shape index (κ2) is 5.17. The van der Waals surface area contributed by atoms with E-state index < -0.39 is 0 Å². The molecule has 0 spiro atoms. The van der Waals surface area contributed by atoms with Gasteiger partial charge in [0.05, 0.1) is 0 Å². The summed E-state index contributed by atoms with van der Waals surface area (Å²) in [5, 5.41) is 0. The zero-order valence-corrected chi connectivity index (χ0v) is 8.03. The Labute approximate surface area is 82.7 Å². The van der Waals surface area contributed by atoms with Gasteiger partial charge in [0.1, 0.15) is 12.9 Å². The fraction of sp³-hybridized carbons (Fsp3) is 0.273. The number of aldehydes is 1. The lowest BCUT2D eigenvalue weighted by atomic mass is 10.1. The number of esters is 1. The van der Waals surface area contributed by atoms with Crippen LogP contribution in [0.1, 0.15) is 29.3 Å². The first-order valence-corrected chi connectivity index (χ1v) is 4.46. The van der Waals surface area contributed by atoms with E-state index >= 15 is 0 Å². The molecule has 0 radical (unpaired) electrons. The number of carbonyl (C=O) groups excluding carboxylic acids is 2. The number of carbonyl (C=O) groups is 2. The Morgan fingerprint density at radius 1 is 1.50 bits per heavy atom. The van der Waals surface area contributed by atoms with E-state index in [1.807, 2.05) is 6.07 Å². The molecule has 0 aromatic heterocycles. The summed E-state index contributed by atoms with van der Waals surface area (Å²) in [6, 6.07) is 6.99. The van der Waals surface area contributed by atoms with E-state index in [1.165, 1.54) is 0 Å². The van der Waals surface area contributed by atoms with Gasteiger partial charge >= 0.3 is 5.97 Å². The van der Waals surface area contributed by atoms with Gasteiger partial charge in [-0.15, -0.1) is 0 Å². The maximum atomic E-state index is 10.8. The lowest BCUT2D eigenvalue weighted by Crippen LogP contribution is -2.02. The van der Waals surface area contributed by atoms with Crippen molar-refractivity contribution < 1.29 is 14.3 Å². The molecule has 0 N–H and O–H groups in total. The van der Waals surface area contributed by atoms with Crippen molar-refractivity contribution in [3.8, 4) is 0 Å². The van der Waals surface area contributed by atoms with Gasteiger partial charge in [0.25, 0.3) is 0 Å². The van der Waals surface area contributed by atoms with Gasteiger partial charge in [0.2, 0.25) is 0 Å². The van der Waals surface area contributed by atoms with Gasteiger partial charge in [-0.25, -0.2) is 0 Å². The normalized spacial score (nSPS) is 9.50. The molecule has 0 amide bonds. The molecule has 0 heterocycles. The van der Waals surface area contributed by atoms with Crippen LogP contribution in [-0.4, -0.2) is 12.3 Å². The smallest absolute Gasteiger partial charge is 0.305 e. The Hall–Kier alpha value is -1.64. The monoisotopic (exact) mass is 192 g/mol. The van der Waals surface area contributed by atoms with Crippen LogP contribution in [0.2, 0.25) is 0 Å². The summed E-state index contributed by atoms with van der Waals surface area (Å²) in [5.41, 5.74) is 1.42. The number of hydrogen-bond donors (Lipinski definition) is 0. The topological polar surface area (TPSA) is 43.4 Å². The van der Waals surface area contributed by atoms with E-state index in [0.29, 0.717) is 12.0 Å². The maximum absolute atomic E-state index is 10.8. The predicted octanol–water partition coefficient (Wildman–Crippen LogP) is 1.95. The molecule has 0 unspecified atom stereocenters. The Balaban J connectivity index is 2.58. The Kier molecular flexibility index (Phi) is 3.85. The van der Waals surface area contributed by atoms with E-state index in [1.54, 1.807) is 25.1 Å². The molecule has 14 heavy (non-hydrogen) atoms. The van der Waals surface area contributed by atoms with Crippen molar-refractivity contribution >= 4 is 12.3 Å². The highest BCUT2D eigenvalue weighted by Gasteiger charge is 1.99. The van der Waals surface area contributed by atoms with Crippen molar-refractivity contribution in [3.63, 3.8) is 0 Å². The molecular weight excluding hydrogens is 180 g/mol. The van der Waals surface area contributed by atoms with Crippen LogP contribution in [0, 0.1) is 0 Å². The summed E-state index contributed by atoms with van der Waals surface area (Å²) < 4.78 is 4.92. The molecule has 0 saturated heterocycles. The van der Waals surface area contributed by atoms with Crippen molar-refractivity contribution in [1.29, 1.82) is 0 Å². The first kappa shape index (κ1) is 10.4. The zero-order valence-electron chi connectivity index (χ0n) is 8.03. The standard InChI is InChI=1S/C11H12O3/c1-2-11(13)14-8-10-5-3-4-9(6-10)7-12/h3-7H,2,8H2,1H3. The van der Waals surface area contributed by atoms with Crippen molar-refractivity contribution in [2.75, 3.05) is 0 Å². The van der Waals surface area contributed by atoms with E-state index in [-0.39, 0.29) is 12.6 Å². The maximum Gasteiger partial charge on any atom is 0.305 e. The largest absolute Gasteiger partial charge is 0.461 e. The minimum absolute atomic E-state index is 0.231. The number of rotatable bonds is 4. The molecule has 0 aliphatic carbocycles. The zero-order chi connectivity index (χ0) is 10.4. The molecule has 3 heteroatoms. The van der Waals surface area contributed by atoms with E-state index in [0.717, 1.165) is 11.8 Å². The lowest BCUT2D eigenvalue weighted by Gasteiger charge is -2.03. The van der Waals surface area contributed by atoms with Crippen LogP contribution < -0.4 is 0 Å². The van der Waals surface area contributed by atoms with Crippen molar-refractivity contribution in [1.82, 2.24) is 0 Å². The average Bonchev–Trinajstić information content (AvgIpc) is 2.26. The van der Waals surface area contributed by atoms with Gasteiger partial charge in [0.15, 0.2) is 0 Å². The summed E-state index contributed by atoms with van der Waals surface area (Å²) in [7, 11) is 0. The summed E-state index contributed by atoms with van der Waals surface area (Å²) in [6.07, 6.45) is 1.14. The molecule has 3 nitrogen and oxygen atoms in total. The highest BCUT2D eigenvalue weighted by molar-refractivity contribution is 5.75. The molecule has 0 saturated carbocycles. The van der Waals surface area contributed by atoms with Crippen LogP contribution >= 0.6 is 0 Å². The third-order valence-electron chi connectivity index (χ3n) is 1.78. The van der Waals surface area contributed by atoms with Crippen LogP contribution in [-0.2, 0) is 16.1 Å². The van der Waals surface area contributed by atoms with E-state index in [4.69, 9.17) is 4.74 Å². The van der Waals surface area contributed by atoms with Crippen LogP contribution in [0.3, 0.4) is 0 Å². The van der Waals surface area contributed by atoms with Gasteiger partial charge in [-0.1, -0.05) is 25.1 Å². The predicted molar refractivity (Wildman–Crippen MR) is 51.9 cm³/mol. The van der Waals surface area contributed by atoms with Gasteiger partial charge in [-0.2, -0.15) is 0 Å². The minimum Gasteiger partial charge on any atom is -0.461 e. The third kappa shape index (κ3) is 3.01.